The van der Waals surface area contributed by atoms with E-state index in [1.807, 2.05) is 37.3 Å². The van der Waals surface area contributed by atoms with Crippen LogP contribution in [0.3, 0.4) is 0 Å². The molecule has 0 bridgehead atoms. The summed E-state index contributed by atoms with van der Waals surface area (Å²) in [4.78, 5) is 23.7. The Morgan fingerprint density at radius 1 is 1.12 bits per heavy atom. The van der Waals surface area contributed by atoms with Crippen LogP contribution in [0.2, 0.25) is 0 Å². The molecule has 2 aromatic rings. The number of esters is 1. The van der Waals surface area contributed by atoms with E-state index in [0.717, 1.165) is 35.2 Å². The Balaban J connectivity index is 1.82. The summed E-state index contributed by atoms with van der Waals surface area (Å²) in [6.45, 7) is 4.18. The Morgan fingerprint density at radius 2 is 1.83 bits per heavy atom. The number of carbonyl (C=O) groups excluding carboxylic acids is 2. The van der Waals surface area contributed by atoms with Crippen molar-refractivity contribution in [2.75, 3.05) is 11.9 Å². The van der Waals surface area contributed by atoms with Crippen molar-refractivity contribution in [3.8, 4) is 11.1 Å². The van der Waals surface area contributed by atoms with Crippen molar-refractivity contribution >= 4 is 17.6 Å². The molecule has 1 aliphatic rings. The molecule has 0 saturated heterocycles. The second-order valence-corrected chi connectivity index (χ2v) is 6.09. The number of aryl methyl sites for hydroxylation is 1. The third-order valence-electron chi connectivity index (χ3n) is 4.16. The molecule has 1 aliphatic carbocycles. The zero-order valence-corrected chi connectivity index (χ0v) is 14.0. The summed E-state index contributed by atoms with van der Waals surface area (Å²) >= 11 is 0. The average molecular weight is 323 g/mol. The van der Waals surface area contributed by atoms with Crippen LogP contribution in [0.5, 0.6) is 0 Å². The highest BCUT2D eigenvalue weighted by Crippen LogP contribution is 2.31. The summed E-state index contributed by atoms with van der Waals surface area (Å²) in [5.41, 5.74) is 4.50. The molecule has 1 saturated carbocycles. The van der Waals surface area contributed by atoms with E-state index in [4.69, 9.17) is 4.74 Å². The Kier molecular flexibility index (Phi) is 4.65. The molecule has 0 radical (unpaired) electrons. The standard InChI is InChI=1S/C20H21NO3/c1-3-24-20(23)16-9-5-14(6-10-16)18-12-17(11-4-13(18)2)21-19(22)15-7-8-15/h4-6,9-12,15H,3,7-8H2,1-2H3,(H,21,22). The van der Waals surface area contributed by atoms with Crippen LogP contribution in [0, 0.1) is 12.8 Å². The summed E-state index contributed by atoms with van der Waals surface area (Å²) in [5.74, 6) is -0.0349. The molecular formula is C20H21NO3. The second kappa shape index (κ2) is 6.87. The van der Waals surface area contributed by atoms with Gasteiger partial charge in [-0.3, -0.25) is 4.79 Å². The Hall–Kier alpha value is -2.62. The number of nitrogens with one attached hydrogen (secondary N) is 1. The molecule has 0 spiro atoms. The fourth-order valence-corrected chi connectivity index (χ4v) is 2.60. The van der Waals surface area contributed by atoms with Crippen LogP contribution in [0.15, 0.2) is 42.5 Å². The van der Waals surface area contributed by atoms with Crippen LogP contribution >= 0.6 is 0 Å². The lowest BCUT2D eigenvalue weighted by Crippen LogP contribution is -2.13. The van der Waals surface area contributed by atoms with Crippen molar-refractivity contribution in [1.82, 2.24) is 0 Å². The summed E-state index contributed by atoms with van der Waals surface area (Å²) < 4.78 is 5.00. The minimum absolute atomic E-state index is 0.0995. The van der Waals surface area contributed by atoms with E-state index in [-0.39, 0.29) is 17.8 Å². The van der Waals surface area contributed by atoms with E-state index >= 15 is 0 Å². The minimum Gasteiger partial charge on any atom is -0.462 e. The Morgan fingerprint density at radius 3 is 2.46 bits per heavy atom. The van der Waals surface area contributed by atoms with Crippen molar-refractivity contribution < 1.29 is 14.3 Å². The predicted molar refractivity (Wildman–Crippen MR) is 93.9 cm³/mol. The largest absolute Gasteiger partial charge is 0.462 e. The number of hydrogen-bond donors (Lipinski definition) is 1. The third kappa shape index (κ3) is 3.65. The number of carbonyl (C=O) groups is 2. The molecule has 1 amide bonds. The predicted octanol–water partition coefficient (Wildman–Crippen LogP) is 4.19. The van der Waals surface area contributed by atoms with Gasteiger partial charge < -0.3 is 10.1 Å². The topological polar surface area (TPSA) is 55.4 Å². The molecular weight excluding hydrogens is 302 g/mol. The van der Waals surface area contributed by atoms with Gasteiger partial charge in [-0.15, -0.1) is 0 Å². The first kappa shape index (κ1) is 16.2. The van der Waals surface area contributed by atoms with Crippen molar-refractivity contribution in [3.05, 3.63) is 53.6 Å². The van der Waals surface area contributed by atoms with Crippen LogP contribution < -0.4 is 5.32 Å². The monoisotopic (exact) mass is 323 g/mol. The number of anilines is 1. The first-order valence-electron chi connectivity index (χ1n) is 8.27. The quantitative estimate of drug-likeness (QED) is 0.840. The summed E-state index contributed by atoms with van der Waals surface area (Å²) in [6.07, 6.45) is 1.97. The molecule has 24 heavy (non-hydrogen) atoms. The summed E-state index contributed by atoms with van der Waals surface area (Å²) in [6, 6.07) is 13.2. The van der Waals surface area contributed by atoms with Crippen molar-refractivity contribution in [1.29, 1.82) is 0 Å². The summed E-state index contributed by atoms with van der Waals surface area (Å²) in [7, 11) is 0. The zero-order valence-electron chi connectivity index (χ0n) is 14.0. The first-order chi connectivity index (χ1) is 11.6. The van der Waals surface area contributed by atoms with Gasteiger partial charge in [-0.05, 0) is 67.6 Å². The maximum absolute atomic E-state index is 11.9. The molecule has 124 valence electrons. The average Bonchev–Trinajstić information content (AvgIpc) is 3.42. The Labute approximate surface area is 141 Å². The van der Waals surface area contributed by atoms with Gasteiger partial charge in [0, 0.05) is 11.6 Å². The van der Waals surface area contributed by atoms with E-state index in [0.29, 0.717) is 12.2 Å². The van der Waals surface area contributed by atoms with E-state index in [1.165, 1.54) is 0 Å². The number of amides is 1. The maximum atomic E-state index is 11.9. The highest BCUT2D eigenvalue weighted by molar-refractivity contribution is 5.95. The maximum Gasteiger partial charge on any atom is 0.338 e. The van der Waals surface area contributed by atoms with Crippen molar-refractivity contribution in [2.45, 2.75) is 26.7 Å². The molecule has 0 unspecified atom stereocenters. The van der Waals surface area contributed by atoms with Gasteiger partial charge in [0.2, 0.25) is 5.91 Å². The van der Waals surface area contributed by atoms with E-state index in [9.17, 15) is 9.59 Å². The molecule has 1 N–H and O–H groups in total. The van der Waals surface area contributed by atoms with Crippen LogP contribution in [0.25, 0.3) is 11.1 Å². The zero-order chi connectivity index (χ0) is 17.1. The van der Waals surface area contributed by atoms with Crippen molar-refractivity contribution in [3.63, 3.8) is 0 Å². The van der Waals surface area contributed by atoms with E-state index < -0.39 is 0 Å². The van der Waals surface area contributed by atoms with Gasteiger partial charge in [0.25, 0.3) is 0 Å². The van der Waals surface area contributed by atoms with Gasteiger partial charge in [0.1, 0.15) is 0 Å². The number of ether oxygens (including phenoxy) is 1. The highest BCUT2D eigenvalue weighted by atomic mass is 16.5. The van der Waals surface area contributed by atoms with Crippen LogP contribution in [0.1, 0.15) is 35.7 Å². The summed E-state index contributed by atoms with van der Waals surface area (Å²) in [5, 5.41) is 2.97. The molecule has 4 heteroatoms. The van der Waals surface area contributed by atoms with Gasteiger partial charge in [-0.1, -0.05) is 18.2 Å². The molecule has 4 nitrogen and oxygen atoms in total. The first-order valence-corrected chi connectivity index (χ1v) is 8.27. The fourth-order valence-electron chi connectivity index (χ4n) is 2.60. The van der Waals surface area contributed by atoms with E-state index in [2.05, 4.69) is 5.32 Å². The number of hydrogen-bond acceptors (Lipinski definition) is 3. The third-order valence-corrected chi connectivity index (χ3v) is 4.16. The molecule has 1 fully saturated rings. The molecule has 3 rings (SSSR count). The van der Waals surface area contributed by atoms with Crippen molar-refractivity contribution in [2.24, 2.45) is 5.92 Å². The molecule has 2 aromatic carbocycles. The van der Waals surface area contributed by atoms with Gasteiger partial charge in [0.15, 0.2) is 0 Å². The lowest BCUT2D eigenvalue weighted by Gasteiger charge is -2.11. The Bertz CT molecular complexity index is 761. The SMILES string of the molecule is CCOC(=O)c1ccc(-c2cc(NC(=O)C3CC3)ccc2C)cc1. The molecule has 0 heterocycles. The fraction of sp³-hybridized carbons (Fsp3) is 0.300. The van der Waals surface area contributed by atoms with Gasteiger partial charge >= 0.3 is 5.97 Å². The van der Waals surface area contributed by atoms with Gasteiger partial charge in [0.05, 0.1) is 12.2 Å². The van der Waals surface area contributed by atoms with Gasteiger partial charge in [-0.2, -0.15) is 0 Å². The molecule has 0 atom stereocenters. The lowest BCUT2D eigenvalue weighted by atomic mass is 9.98. The second-order valence-electron chi connectivity index (χ2n) is 6.09. The van der Waals surface area contributed by atoms with Crippen LogP contribution in [0.4, 0.5) is 5.69 Å². The van der Waals surface area contributed by atoms with Crippen LogP contribution in [-0.4, -0.2) is 18.5 Å². The highest BCUT2D eigenvalue weighted by Gasteiger charge is 2.29. The lowest BCUT2D eigenvalue weighted by molar-refractivity contribution is -0.117. The number of benzene rings is 2. The normalized spacial score (nSPS) is 13.4. The number of rotatable bonds is 5. The smallest absolute Gasteiger partial charge is 0.338 e. The minimum atomic E-state index is -0.314. The van der Waals surface area contributed by atoms with E-state index in [1.54, 1.807) is 19.1 Å². The van der Waals surface area contributed by atoms with Crippen LogP contribution in [-0.2, 0) is 9.53 Å². The van der Waals surface area contributed by atoms with Gasteiger partial charge in [-0.25, -0.2) is 4.79 Å². The molecule has 0 aromatic heterocycles. The molecule has 0 aliphatic heterocycles.